The standard InChI is InChI=1S/C13H14N4/c1-2-10-8-11(3-4-12(10)15-6-1)17-13-5-7-14-9-16-13/h3-5,7-9,15H,1-2,6H2,(H,14,16,17). The zero-order valence-corrected chi connectivity index (χ0v) is 9.48. The lowest BCUT2D eigenvalue weighted by Crippen LogP contribution is -2.11. The van der Waals surface area contributed by atoms with Crippen molar-refractivity contribution >= 4 is 17.2 Å². The summed E-state index contributed by atoms with van der Waals surface area (Å²) >= 11 is 0. The molecule has 1 aromatic carbocycles. The Balaban J connectivity index is 1.84. The van der Waals surface area contributed by atoms with Gasteiger partial charge < -0.3 is 10.6 Å². The van der Waals surface area contributed by atoms with Crippen LogP contribution in [0.25, 0.3) is 0 Å². The number of anilines is 3. The fourth-order valence-corrected chi connectivity index (χ4v) is 2.07. The highest BCUT2D eigenvalue weighted by Crippen LogP contribution is 2.26. The lowest BCUT2D eigenvalue weighted by atomic mass is 10.0. The monoisotopic (exact) mass is 226 g/mol. The first-order chi connectivity index (χ1) is 8.42. The molecule has 0 unspecified atom stereocenters. The van der Waals surface area contributed by atoms with Crippen LogP contribution in [0.2, 0.25) is 0 Å². The third-order valence-electron chi connectivity index (χ3n) is 2.90. The molecule has 1 aliphatic heterocycles. The molecule has 2 aromatic rings. The maximum Gasteiger partial charge on any atom is 0.133 e. The van der Waals surface area contributed by atoms with Gasteiger partial charge in [-0.15, -0.1) is 0 Å². The van der Waals surface area contributed by atoms with E-state index in [1.54, 1.807) is 12.5 Å². The second kappa shape index (κ2) is 4.41. The van der Waals surface area contributed by atoms with Gasteiger partial charge in [0, 0.05) is 24.1 Å². The van der Waals surface area contributed by atoms with Gasteiger partial charge in [0.05, 0.1) is 0 Å². The lowest BCUT2D eigenvalue weighted by molar-refractivity contribution is 0.830. The van der Waals surface area contributed by atoms with Crippen molar-refractivity contribution in [1.29, 1.82) is 0 Å². The number of aryl methyl sites for hydroxylation is 1. The third kappa shape index (κ3) is 2.20. The zero-order valence-electron chi connectivity index (χ0n) is 9.48. The first kappa shape index (κ1) is 10.1. The molecule has 0 spiro atoms. The highest BCUT2D eigenvalue weighted by atomic mass is 15.0. The molecule has 0 aliphatic carbocycles. The second-order valence-corrected chi connectivity index (χ2v) is 4.12. The zero-order chi connectivity index (χ0) is 11.5. The molecule has 86 valence electrons. The average Bonchev–Trinajstić information content (AvgIpc) is 2.40. The van der Waals surface area contributed by atoms with E-state index in [1.807, 2.05) is 6.07 Å². The van der Waals surface area contributed by atoms with Crippen molar-refractivity contribution in [3.63, 3.8) is 0 Å². The van der Waals surface area contributed by atoms with Crippen molar-refractivity contribution in [2.75, 3.05) is 17.2 Å². The van der Waals surface area contributed by atoms with Gasteiger partial charge in [0.25, 0.3) is 0 Å². The van der Waals surface area contributed by atoms with Crippen LogP contribution in [0, 0.1) is 0 Å². The number of aromatic nitrogens is 2. The van der Waals surface area contributed by atoms with Gasteiger partial charge in [0.2, 0.25) is 0 Å². The van der Waals surface area contributed by atoms with Crippen LogP contribution in [0.1, 0.15) is 12.0 Å². The van der Waals surface area contributed by atoms with E-state index in [0.717, 1.165) is 24.5 Å². The predicted molar refractivity (Wildman–Crippen MR) is 68.6 cm³/mol. The topological polar surface area (TPSA) is 49.8 Å². The number of benzene rings is 1. The van der Waals surface area contributed by atoms with E-state index in [-0.39, 0.29) is 0 Å². The molecule has 1 aromatic heterocycles. The molecule has 17 heavy (non-hydrogen) atoms. The summed E-state index contributed by atoms with van der Waals surface area (Å²) in [7, 11) is 0. The summed E-state index contributed by atoms with van der Waals surface area (Å²) in [5.74, 6) is 0.823. The van der Waals surface area contributed by atoms with Crippen molar-refractivity contribution in [2.24, 2.45) is 0 Å². The van der Waals surface area contributed by atoms with Crippen molar-refractivity contribution in [2.45, 2.75) is 12.8 Å². The lowest BCUT2D eigenvalue weighted by Gasteiger charge is -2.18. The molecule has 0 atom stereocenters. The minimum Gasteiger partial charge on any atom is -0.385 e. The Hall–Kier alpha value is -2.10. The van der Waals surface area contributed by atoms with E-state index in [0.29, 0.717) is 0 Å². The van der Waals surface area contributed by atoms with Crippen molar-refractivity contribution in [1.82, 2.24) is 9.97 Å². The van der Waals surface area contributed by atoms with E-state index in [4.69, 9.17) is 0 Å². The maximum atomic E-state index is 4.15. The normalized spacial score (nSPS) is 13.6. The van der Waals surface area contributed by atoms with E-state index in [9.17, 15) is 0 Å². The molecule has 0 saturated heterocycles. The van der Waals surface area contributed by atoms with Crippen LogP contribution in [-0.4, -0.2) is 16.5 Å². The first-order valence-corrected chi connectivity index (χ1v) is 5.82. The number of hydrogen-bond donors (Lipinski definition) is 2. The summed E-state index contributed by atoms with van der Waals surface area (Å²) < 4.78 is 0. The molecule has 3 rings (SSSR count). The van der Waals surface area contributed by atoms with Gasteiger partial charge in [0.15, 0.2) is 0 Å². The highest BCUT2D eigenvalue weighted by molar-refractivity contribution is 5.64. The van der Waals surface area contributed by atoms with Crippen molar-refractivity contribution < 1.29 is 0 Å². The van der Waals surface area contributed by atoms with Crippen LogP contribution in [-0.2, 0) is 6.42 Å². The molecular formula is C13H14N4. The van der Waals surface area contributed by atoms with Crippen LogP contribution < -0.4 is 10.6 Å². The minimum atomic E-state index is 0.823. The number of hydrogen-bond acceptors (Lipinski definition) is 4. The molecule has 0 fully saturated rings. The minimum absolute atomic E-state index is 0.823. The molecule has 0 amide bonds. The molecule has 0 radical (unpaired) electrons. The summed E-state index contributed by atoms with van der Waals surface area (Å²) in [6.45, 7) is 1.08. The second-order valence-electron chi connectivity index (χ2n) is 4.12. The summed E-state index contributed by atoms with van der Waals surface area (Å²) in [6.07, 6.45) is 5.61. The fraction of sp³-hybridized carbons (Fsp3) is 0.231. The van der Waals surface area contributed by atoms with E-state index < -0.39 is 0 Å². The third-order valence-corrected chi connectivity index (χ3v) is 2.90. The number of fused-ring (bicyclic) bond motifs is 1. The van der Waals surface area contributed by atoms with Crippen LogP contribution in [0.15, 0.2) is 36.8 Å². The Morgan fingerprint density at radius 1 is 1.24 bits per heavy atom. The largest absolute Gasteiger partial charge is 0.385 e. The van der Waals surface area contributed by atoms with Gasteiger partial charge in [-0.25, -0.2) is 9.97 Å². The average molecular weight is 226 g/mol. The Bertz CT molecular complexity index is 510. The van der Waals surface area contributed by atoms with Gasteiger partial charge in [-0.2, -0.15) is 0 Å². The molecule has 0 saturated carbocycles. The fourth-order valence-electron chi connectivity index (χ4n) is 2.07. The van der Waals surface area contributed by atoms with E-state index in [2.05, 4.69) is 38.8 Å². The predicted octanol–water partition coefficient (Wildman–Crippen LogP) is 2.58. The van der Waals surface area contributed by atoms with Gasteiger partial charge >= 0.3 is 0 Å². The molecule has 1 aliphatic rings. The van der Waals surface area contributed by atoms with E-state index in [1.165, 1.54) is 17.7 Å². The van der Waals surface area contributed by atoms with Crippen LogP contribution in [0.3, 0.4) is 0 Å². The van der Waals surface area contributed by atoms with Gasteiger partial charge in [-0.3, -0.25) is 0 Å². The van der Waals surface area contributed by atoms with Crippen LogP contribution in [0.5, 0.6) is 0 Å². The summed E-state index contributed by atoms with van der Waals surface area (Å²) in [6, 6.07) is 8.23. The molecule has 2 heterocycles. The SMILES string of the molecule is c1cc(Nc2ccc3c(c2)CCCN3)ncn1. The van der Waals surface area contributed by atoms with E-state index >= 15 is 0 Å². The summed E-state index contributed by atoms with van der Waals surface area (Å²) in [5.41, 5.74) is 3.70. The molecular weight excluding hydrogens is 212 g/mol. The van der Waals surface area contributed by atoms with Crippen molar-refractivity contribution in [3.8, 4) is 0 Å². The van der Waals surface area contributed by atoms with Crippen LogP contribution in [0.4, 0.5) is 17.2 Å². The van der Waals surface area contributed by atoms with Crippen LogP contribution >= 0.6 is 0 Å². The maximum absolute atomic E-state index is 4.15. The van der Waals surface area contributed by atoms with Gasteiger partial charge in [0.1, 0.15) is 12.1 Å². The highest BCUT2D eigenvalue weighted by Gasteiger charge is 2.08. The summed E-state index contributed by atoms with van der Waals surface area (Å²) in [5, 5.41) is 6.68. The van der Waals surface area contributed by atoms with Crippen molar-refractivity contribution in [3.05, 3.63) is 42.4 Å². The summed E-state index contributed by atoms with van der Waals surface area (Å²) in [4.78, 5) is 8.04. The molecule has 4 nitrogen and oxygen atoms in total. The Morgan fingerprint density at radius 2 is 2.24 bits per heavy atom. The molecule has 2 N–H and O–H groups in total. The molecule has 4 heteroatoms. The number of rotatable bonds is 2. The van der Waals surface area contributed by atoms with Gasteiger partial charge in [-0.1, -0.05) is 0 Å². The number of nitrogens with zero attached hydrogens (tertiary/aromatic N) is 2. The quantitative estimate of drug-likeness (QED) is 0.826. The van der Waals surface area contributed by atoms with Gasteiger partial charge in [-0.05, 0) is 42.7 Å². The molecule has 0 bridgehead atoms. The first-order valence-electron chi connectivity index (χ1n) is 5.82. The smallest absolute Gasteiger partial charge is 0.133 e. The Labute approximate surface area is 100 Å². The Kier molecular flexibility index (Phi) is 2.62. The Morgan fingerprint density at radius 3 is 3.12 bits per heavy atom. The number of nitrogens with one attached hydrogen (secondary N) is 2.